The fourth-order valence-corrected chi connectivity index (χ4v) is 2.24. The number of aromatic hydroxyl groups is 1. The molecular weight excluding hydrogens is 312 g/mol. The summed E-state index contributed by atoms with van der Waals surface area (Å²) in [5.41, 5.74) is 0.613. The molecule has 0 bridgehead atoms. The average molecular weight is 326 g/mol. The lowest BCUT2D eigenvalue weighted by Gasteiger charge is -2.08. The standard InChI is InChI=1S/C17H14N2O5/c1-23-13-4-2-3-11(8-13)18-16(21)14-7-10-5-6-12(20)9-15(10)24-17(14)19-22/h2-9,20,22H,1H3,(H,18,21). The summed E-state index contributed by atoms with van der Waals surface area (Å²) in [6.07, 6.45) is 0. The zero-order chi connectivity index (χ0) is 17.1. The Hall–Kier alpha value is -3.48. The highest BCUT2D eigenvalue weighted by atomic mass is 16.5. The molecule has 0 aliphatic heterocycles. The molecule has 0 aliphatic rings. The summed E-state index contributed by atoms with van der Waals surface area (Å²) in [4.78, 5) is 12.5. The highest BCUT2D eigenvalue weighted by Crippen LogP contribution is 2.21. The van der Waals surface area contributed by atoms with E-state index in [9.17, 15) is 9.90 Å². The van der Waals surface area contributed by atoms with E-state index in [-0.39, 0.29) is 16.9 Å². The zero-order valence-corrected chi connectivity index (χ0v) is 12.7. The number of ether oxygens (including phenoxy) is 1. The maximum absolute atomic E-state index is 12.5. The molecule has 0 fully saturated rings. The van der Waals surface area contributed by atoms with Crippen LogP contribution in [-0.2, 0) is 0 Å². The van der Waals surface area contributed by atoms with Crippen LogP contribution in [0.4, 0.5) is 5.69 Å². The Labute approximate surface area is 136 Å². The van der Waals surface area contributed by atoms with Gasteiger partial charge in [-0.25, -0.2) is 0 Å². The van der Waals surface area contributed by atoms with Crippen LogP contribution >= 0.6 is 0 Å². The van der Waals surface area contributed by atoms with Crippen molar-refractivity contribution in [2.45, 2.75) is 0 Å². The van der Waals surface area contributed by atoms with Gasteiger partial charge in [0, 0.05) is 23.2 Å². The van der Waals surface area contributed by atoms with Crippen molar-refractivity contribution in [3.63, 3.8) is 0 Å². The Kier molecular flexibility index (Phi) is 4.07. The summed E-state index contributed by atoms with van der Waals surface area (Å²) in [5, 5.41) is 24.9. The monoisotopic (exact) mass is 326 g/mol. The highest BCUT2D eigenvalue weighted by Gasteiger charge is 2.14. The molecule has 0 atom stereocenters. The Morgan fingerprint density at radius 3 is 2.79 bits per heavy atom. The van der Waals surface area contributed by atoms with Crippen LogP contribution < -0.4 is 15.6 Å². The van der Waals surface area contributed by atoms with Gasteiger partial charge in [-0.15, -0.1) is 0 Å². The van der Waals surface area contributed by atoms with E-state index >= 15 is 0 Å². The van der Waals surface area contributed by atoms with Gasteiger partial charge in [0.2, 0.25) is 0 Å². The van der Waals surface area contributed by atoms with E-state index in [1.165, 1.54) is 25.3 Å². The van der Waals surface area contributed by atoms with Crippen LogP contribution in [0.5, 0.6) is 11.5 Å². The Morgan fingerprint density at radius 2 is 2.04 bits per heavy atom. The smallest absolute Gasteiger partial charge is 0.268 e. The lowest BCUT2D eigenvalue weighted by molar-refractivity contribution is 0.102. The first-order chi connectivity index (χ1) is 11.6. The number of phenols is 1. The second-order valence-electron chi connectivity index (χ2n) is 4.97. The minimum Gasteiger partial charge on any atom is -0.508 e. The molecule has 0 radical (unpaired) electrons. The fraction of sp³-hybridized carbons (Fsp3) is 0.0588. The number of carbonyl (C=O) groups is 1. The topological polar surface area (TPSA) is 104 Å². The van der Waals surface area contributed by atoms with Crippen molar-refractivity contribution in [3.05, 3.63) is 59.6 Å². The number of hydrogen-bond acceptors (Lipinski definition) is 6. The Balaban J connectivity index is 2.01. The number of carbonyl (C=O) groups excluding carboxylic acids is 1. The van der Waals surface area contributed by atoms with E-state index < -0.39 is 5.91 Å². The van der Waals surface area contributed by atoms with Crippen molar-refractivity contribution >= 4 is 22.6 Å². The van der Waals surface area contributed by atoms with E-state index in [1.54, 1.807) is 30.3 Å². The number of nitrogens with one attached hydrogen (secondary N) is 1. The van der Waals surface area contributed by atoms with Crippen LogP contribution in [-0.4, -0.2) is 23.3 Å². The zero-order valence-electron chi connectivity index (χ0n) is 12.7. The number of phenolic OH excluding ortho intramolecular Hbond substituents is 1. The summed E-state index contributed by atoms with van der Waals surface area (Å²) in [5.74, 6) is 0.0945. The minimum absolute atomic E-state index is 0.00345. The highest BCUT2D eigenvalue weighted by molar-refractivity contribution is 6.05. The summed E-state index contributed by atoms with van der Waals surface area (Å²) < 4.78 is 10.5. The molecule has 1 aromatic heterocycles. The van der Waals surface area contributed by atoms with Gasteiger partial charge >= 0.3 is 0 Å². The second-order valence-corrected chi connectivity index (χ2v) is 4.97. The molecular formula is C17H14N2O5. The SMILES string of the molecule is COc1cccc(NC(=O)c2cc3ccc(O)cc3oc2=NO)c1. The molecule has 0 unspecified atom stereocenters. The molecule has 7 heteroatoms. The maximum Gasteiger partial charge on any atom is 0.268 e. The van der Waals surface area contributed by atoms with Crippen molar-refractivity contribution in [3.8, 4) is 11.5 Å². The van der Waals surface area contributed by atoms with Crippen molar-refractivity contribution in [1.29, 1.82) is 0 Å². The number of fused-ring (bicyclic) bond motifs is 1. The number of amides is 1. The van der Waals surface area contributed by atoms with Gasteiger partial charge in [0.15, 0.2) is 0 Å². The maximum atomic E-state index is 12.5. The van der Waals surface area contributed by atoms with Gasteiger partial charge in [-0.05, 0) is 35.5 Å². The van der Waals surface area contributed by atoms with Crippen LogP contribution in [0, 0.1) is 0 Å². The molecule has 1 amide bonds. The summed E-state index contributed by atoms with van der Waals surface area (Å²) >= 11 is 0. The minimum atomic E-state index is -0.505. The molecule has 24 heavy (non-hydrogen) atoms. The number of methoxy groups -OCH3 is 1. The quantitative estimate of drug-likeness (QED) is 0.507. The molecule has 0 spiro atoms. The van der Waals surface area contributed by atoms with E-state index in [1.807, 2.05) is 0 Å². The molecule has 7 nitrogen and oxygen atoms in total. The fourth-order valence-electron chi connectivity index (χ4n) is 2.24. The third-order valence-corrected chi connectivity index (χ3v) is 3.40. The molecule has 1 heterocycles. The van der Waals surface area contributed by atoms with Crippen LogP contribution in [0.3, 0.4) is 0 Å². The van der Waals surface area contributed by atoms with Crippen molar-refractivity contribution < 1.29 is 24.3 Å². The first kappa shape index (κ1) is 15.4. The number of nitrogens with zero attached hydrogens (tertiary/aromatic N) is 1. The summed E-state index contributed by atoms with van der Waals surface area (Å²) in [7, 11) is 1.53. The first-order valence-corrected chi connectivity index (χ1v) is 7.01. The van der Waals surface area contributed by atoms with Crippen LogP contribution in [0.15, 0.2) is 58.1 Å². The van der Waals surface area contributed by atoms with E-state index in [2.05, 4.69) is 10.5 Å². The summed E-state index contributed by atoms with van der Waals surface area (Å²) in [6.45, 7) is 0. The lowest BCUT2D eigenvalue weighted by Crippen LogP contribution is -2.21. The molecule has 3 aromatic rings. The molecule has 0 saturated carbocycles. The third-order valence-electron chi connectivity index (χ3n) is 3.40. The van der Waals surface area contributed by atoms with Gasteiger partial charge in [-0.2, -0.15) is 0 Å². The number of anilines is 1. The van der Waals surface area contributed by atoms with Gasteiger partial charge in [-0.3, -0.25) is 4.79 Å². The number of rotatable bonds is 3. The lowest BCUT2D eigenvalue weighted by atomic mass is 10.1. The average Bonchev–Trinajstić information content (AvgIpc) is 2.60. The predicted octanol–water partition coefficient (Wildman–Crippen LogP) is 2.69. The molecule has 2 aromatic carbocycles. The Morgan fingerprint density at radius 1 is 1.21 bits per heavy atom. The third kappa shape index (κ3) is 3.00. The molecule has 122 valence electrons. The molecule has 0 saturated heterocycles. The number of benzene rings is 2. The van der Waals surface area contributed by atoms with Crippen molar-refractivity contribution in [2.24, 2.45) is 5.16 Å². The van der Waals surface area contributed by atoms with E-state index in [0.717, 1.165) is 0 Å². The largest absolute Gasteiger partial charge is 0.508 e. The van der Waals surface area contributed by atoms with Crippen molar-refractivity contribution in [1.82, 2.24) is 0 Å². The first-order valence-electron chi connectivity index (χ1n) is 7.01. The molecule has 3 N–H and O–H groups in total. The van der Waals surface area contributed by atoms with Crippen molar-refractivity contribution in [2.75, 3.05) is 12.4 Å². The Bertz CT molecular complexity index is 978. The molecule has 3 rings (SSSR count). The molecule has 0 aliphatic carbocycles. The van der Waals surface area contributed by atoms with Crippen LogP contribution in [0.1, 0.15) is 10.4 Å². The number of hydrogen-bond donors (Lipinski definition) is 3. The van der Waals surface area contributed by atoms with Gasteiger partial charge in [0.05, 0.1) is 7.11 Å². The van der Waals surface area contributed by atoms with Gasteiger partial charge < -0.3 is 24.8 Å². The van der Waals surface area contributed by atoms with Gasteiger partial charge in [0.1, 0.15) is 22.6 Å². The van der Waals surface area contributed by atoms with E-state index in [4.69, 9.17) is 14.4 Å². The van der Waals surface area contributed by atoms with Crippen LogP contribution in [0.25, 0.3) is 11.0 Å². The second kappa shape index (κ2) is 6.33. The van der Waals surface area contributed by atoms with Gasteiger partial charge in [0.25, 0.3) is 11.5 Å². The van der Waals surface area contributed by atoms with Gasteiger partial charge in [-0.1, -0.05) is 6.07 Å². The van der Waals surface area contributed by atoms with E-state index in [0.29, 0.717) is 22.4 Å². The predicted molar refractivity (Wildman–Crippen MR) is 86.2 cm³/mol. The summed E-state index contributed by atoms with van der Waals surface area (Å²) in [6, 6.07) is 12.8. The van der Waals surface area contributed by atoms with Crippen LogP contribution in [0.2, 0.25) is 0 Å². The normalized spacial score (nSPS) is 11.5.